The van der Waals surface area contributed by atoms with Gasteiger partial charge in [0.25, 0.3) is 0 Å². The summed E-state index contributed by atoms with van der Waals surface area (Å²) in [5, 5.41) is 9.09. The van der Waals surface area contributed by atoms with Crippen molar-refractivity contribution in [3.05, 3.63) is 0 Å². The number of methoxy groups -OCH3 is 1. The number of hydrogen-bond donors (Lipinski definition) is 0. The number of carbonyl (C=O) groups is 1. The highest BCUT2D eigenvalue weighted by atomic mass is 35.5. The highest BCUT2D eigenvalue weighted by molar-refractivity contribution is 6.14. The molecule has 0 aromatic rings. The van der Waals surface area contributed by atoms with Gasteiger partial charge < -0.3 is 9.64 Å². The Morgan fingerprint density at radius 1 is 1.36 bits per heavy atom. The number of nitrogens with zero attached hydrogens (tertiary/aromatic N) is 3. The molecule has 0 bridgehead atoms. The number of amides is 1. The molecule has 6 heteroatoms. The number of fused-ring (bicyclic) bond motifs is 1. The van der Waals surface area contributed by atoms with E-state index in [4.69, 9.17) is 21.8 Å². The van der Waals surface area contributed by atoms with E-state index in [1.54, 1.807) is 16.4 Å². The molecule has 22 heavy (non-hydrogen) atoms. The smallest absolute Gasteiger partial charge is 0.239 e. The molecule has 3 rings (SSSR count). The molecule has 1 amide bonds. The third kappa shape index (κ3) is 3.10. The van der Waals surface area contributed by atoms with Crippen molar-refractivity contribution in [2.24, 2.45) is 11.8 Å². The topological polar surface area (TPSA) is 56.6 Å². The second-order valence-corrected chi connectivity index (χ2v) is 7.34. The number of nitriles is 1. The van der Waals surface area contributed by atoms with Gasteiger partial charge in [-0.15, -0.1) is 0 Å². The van der Waals surface area contributed by atoms with E-state index < -0.39 is 0 Å². The predicted octanol–water partition coefficient (Wildman–Crippen LogP) is 2.16. The van der Waals surface area contributed by atoms with Crippen LogP contribution in [0.1, 0.15) is 38.5 Å². The zero-order chi connectivity index (χ0) is 15.7. The normalized spacial score (nSPS) is 37.5. The molecule has 3 aliphatic rings. The van der Waals surface area contributed by atoms with E-state index in [-0.39, 0.29) is 24.5 Å². The van der Waals surface area contributed by atoms with Gasteiger partial charge in [0.2, 0.25) is 5.91 Å². The van der Waals surface area contributed by atoms with Gasteiger partial charge in [-0.3, -0.25) is 4.79 Å². The minimum absolute atomic E-state index is 0.00845. The molecular weight excluding hydrogens is 302 g/mol. The van der Waals surface area contributed by atoms with Gasteiger partial charge in [-0.2, -0.15) is 5.26 Å². The first-order valence-corrected chi connectivity index (χ1v) is 8.60. The molecule has 0 aromatic carbocycles. The number of halogens is 1. The number of ether oxygens (including phenoxy) is 1. The second kappa shape index (κ2) is 6.74. The van der Waals surface area contributed by atoms with Crippen molar-refractivity contribution in [3.63, 3.8) is 0 Å². The van der Waals surface area contributed by atoms with E-state index in [1.807, 2.05) is 0 Å². The lowest BCUT2D eigenvalue weighted by Crippen LogP contribution is -2.42. The minimum atomic E-state index is -0.261. The van der Waals surface area contributed by atoms with Crippen LogP contribution in [0.3, 0.4) is 0 Å². The lowest BCUT2D eigenvalue weighted by molar-refractivity contribution is -0.131. The number of hydrogen-bond acceptors (Lipinski definition) is 4. The maximum Gasteiger partial charge on any atom is 0.239 e. The van der Waals surface area contributed by atoms with Crippen molar-refractivity contribution in [1.82, 2.24) is 9.32 Å². The molecule has 0 radical (unpaired) electrons. The molecule has 0 aromatic heterocycles. The van der Waals surface area contributed by atoms with Crippen LogP contribution in [0.2, 0.25) is 0 Å². The van der Waals surface area contributed by atoms with Crippen LogP contribution < -0.4 is 0 Å². The molecular formula is C16H24ClN3O2. The first-order valence-electron chi connectivity index (χ1n) is 8.26. The SMILES string of the molecule is CO[C@@H]1C[C@@H]2C[C@@H](N(Cl)CC(=O)N3CCC[C@H]3C#N)C[C@@H]2C1. The van der Waals surface area contributed by atoms with E-state index in [9.17, 15) is 4.79 Å². The number of rotatable bonds is 4. The highest BCUT2D eigenvalue weighted by Crippen LogP contribution is 2.46. The molecule has 0 unspecified atom stereocenters. The first-order chi connectivity index (χ1) is 10.6. The van der Waals surface area contributed by atoms with Gasteiger partial charge >= 0.3 is 0 Å². The molecule has 1 aliphatic heterocycles. The maximum atomic E-state index is 12.4. The van der Waals surface area contributed by atoms with Crippen molar-refractivity contribution in [2.75, 3.05) is 20.2 Å². The van der Waals surface area contributed by atoms with Crippen molar-refractivity contribution in [1.29, 1.82) is 5.26 Å². The Bertz CT molecular complexity index is 453. The van der Waals surface area contributed by atoms with Gasteiger partial charge in [0.05, 0.1) is 18.7 Å². The molecule has 5 atom stereocenters. The van der Waals surface area contributed by atoms with Crippen LogP contribution in [0, 0.1) is 23.2 Å². The van der Waals surface area contributed by atoms with Crippen LogP contribution in [-0.4, -0.2) is 53.6 Å². The number of carbonyl (C=O) groups excluding carboxylic acids is 1. The van der Waals surface area contributed by atoms with Gasteiger partial charge in [0.15, 0.2) is 0 Å². The van der Waals surface area contributed by atoms with Gasteiger partial charge in [0, 0.05) is 19.7 Å². The second-order valence-electron chi connectivity index (χ2n) is 6.91. The predicted molar refractivity (Wildman–Crippen MR) is 82.9 cm³/mol. The lowest BCUT2D eigenvalue weighted by atomic mass is 10.0. The van der Waals surface area contributed by atoms with Crippen molar-refractivity contribution < 1.29 is 9.53 Å². The molecule has 2 saturated carbocycles. The third-order valence-corrected chi connectivity index (χ3v) is 6.08. The Balaban J connectivity index is 1.50. The van der Waals surface area contributed by atoms with Crippen LogP contribution >= 0.6 is 11.8 Å². The molecule has 5 nitrogen and oxygen atoms in total. The zero-order valence-corrected chi connectivity index (χ0v) is 13.8. The fourth-order valence-electron chi connectivity index (χ4n) is 4.50. The molecule has 122 valence electrons. The fraction of sp³-hybridized carbons (Fsp3) is 0.875. The largest absolute Gasteiger partial charge is 0.381 e. The van der Waals surface area contributed by atoms with Gasteiger partial charge in [-0.1, -0.05) is 0 Å². The van der Waals surface area contributed by atoms with Crippen LogP contribution in [0.5, 0.6) is 0 Å². The van der Waals surface area contributed by atoms with Crippen LogP contribution in [-0.2, 0) is 9.53 Å². The first kappa shape index (κ1) is 16.0. The summed E-state index contributed by atoms with van der Waals surface area (Å²) in [6.07, 6.45) is 6.47. The quantitative estimate of drug-likeness (QED) is 0.743. The zero-order valence-electron chi connectivity index (χ0n) is 13.1. The van der Waals surface area contributed by atoms with Crippen LogP contribution in [0.25, 0.3) is 0 Å². The molecule has 1 heterocycles. The Labute approximate surface area is 137 Å². The third-order valence-electron chi connectivity index (χ3n) is 5.69. The summed E-state index contributed by atoms with van der Waals surface area (Å²) < 4.78 is 7.15. The molecule has 3 fully saturated rings. The van der Waals surface area contributed by atoms with E-state index in [1.165, 1.54) is 0 Å². The average molecular weight is 326 g/mol. The maximum absolute atomic E-state index is 12.4. The summed E-state index contributed by atoms with van der Waals surface area (Å²) in [7, 11) is 1.79. The standard InChI is InChI=1S/C16H24ClN3O2/c1-22-15-7-11-5-14(6-12(11)8-15)20(17)10-16(21)19-4-2-3-13(19)9-18/h11-15H,2-8,10H2,1H3/t11-,12+,13-,14+,15+/m0/s1. The number of likely N-dealkylation sites (tertiary alicyclic amines) is 1. The monoisotopic (exact) mass is 325 g/mol. The summed E-state index contributed by atoms with van der Waals surface area (Å²) in [5.41, 5.74) is 0. The van der Waals surface area contributed by atoms with Crippen molar-refractivity contribution >= 4 is 17.7 Å². The van der Waals surface area contributed by atoms with Gasteiger partial charge in [0.1, 0.15) is 6.04 Å². The van der Waals surface area contributed by atoms with Gasteiger partial charge in [-0.05, 0) is 62.1 Å². The van der Waals surface area contributed by atoms with E-state index in [0.717, 1.165) is 38.5 Å². The summed E-state index contributed by atoms with van der Waals surface area (Å²) in [5.74, 6) is 1.36. The summed E-state index contributed by atoms with van der Waals surface area (Å²) in [6.45, 7) is 0.908. The summed E-state index contributed by atoms with van der Waals surface area (Å²) >= 11 is 6.40. The highest BCUT2D eigenvalue weighted by Gasteiger charge is 2.44. The van der Waals surface area contributed by atoms with Gasteiger partial charge in [-0.25, -0.2) is 4.42 Å². The van der Waals surface area contributed by atoms with E-state index in [2.05, 4.69) is 6.07 Å². The fourth-order valence-corrected chi connectivity index (χ4v) is 4.76. The van der Waals surface area contributed by atoms with Crippen molar-refractivity contribution in [3.8, 4) is 6.07 Å². The molecule has 0 spiro atoms. The molecule has 2 aliphatic carbocycles. The molecule has 1 saturated heterocycles. The summed E-state index contributed by atoms with van der Waals surface area (Å²) in [6, 6.07) is 2.23. The van der Waals surface area contributed by atoms with E-state index >= 15 is 0 Å². The Morgan fingerprint density at radius 3 is 2.64 bits per heavy atom. The lowest BCUT2D eigenvalue weighted by Gasteiger charge is -2.26. The van der Waals surface area contributed by atoms with Crippen LogP contribution in [0.15, 0.2) is 0 Å². The minimum Gasteiger partial charge on any atom is -0.381 e. The average Bonchev–Trinajstić information content (AvgIpc) is 3.19. The van der Waals surface area contributed by atoms with Crippen molar-refractivity contribution in [2.45, 2.75) is 56.7 Å². The summed E-state index contributed by atoms with van der Waals surface area (Å²) in [4.78, 5) is 14.0. The van der Waals surface area contributed by atoms with E-state index in [0.29, 0.717) is 24.5 Å². The Morgan fingerprint density at radius 2 is 2.05 bits per heavy atom. The van der Waals surface area contributed by atoms with Crippen LogP contribution in [0.4, 0.5) is 0 Å². The Kier molecular flexibility index (Phi) is 4.91. The Hall–Kier alpha value is -0.830. The molecule has 0 N–H and O–H groups in total.